The summed E-state index contributed by atoms with van der Waals surface area (Å²) in [5.74, 6) is 1.12. The average molecular weight is 413 g/mol. The SMILES string of the molecule is COc1ccc2nc(SCC(=O)N(C)C(C)c3nc4ccccc4s3)[nH]c2c1. The zero-order valence-corrected chi connectivity index (χ0v) is 17.4. The zero-order valence-electron chi connectivity index (χ0n) is 15.8. The smallest absolute Gasteiger partial charge is 0.233 e. The Balaban J connectivity index is 1.42. The van der Waals surface area contributed by atoms with Crippen molar-refractivity contribution in [3.05, 3.63) is 47.5 Å². The number of thiazole rings is 1. The van der Waals surface area contributed by atoms with Crippen LogP contribution in [0.15, 0.2) is 47.6 Å². The van der Waals surface area contributed by atoms with Crippen molar-refractivity contribution >= 4 is 50.3 Å². The normalized spacial score (nSPS) is 12.4. The monoisotopic (exact) mass is 412 g/mol. The molecular formula is C20H20N4O2S2. The molecule has 0 radical (unpaired) electrons. The molecule has 1 N–H and O–H groups in total. The topological polar surface area (TPSA) is 71.1 Å². The maximum absolute atomic E-state index is 12.7. The minimum Gasteiger partial charge on any atom is -0.497 e. The molecule has 1 amide bonds. The van der Waals surface area contributed by atoms with Crippen molar-refractivity contribution < 1.29 is 9.53 Å². The lowest BCUT2D eigenvalue weighted by molar-refractivity contribution is -0.128. The van der Waals surface area contributed by atoms with E-state index in [4.69, 9.17) is 4.74 Å². The van der Waals surface area contributed by atoms with Gasteiger partial charge in [-0.25, -0.2) is 9.97 Å². The molecule has 0 aliphatic carbocycles. The van der Waals surface area contributed by atoms with E-state index in [2.05, 4.69) is 21.0 Å². The van der Waals surface area contributed by atoms with Crippen LogP contribution in [-0.2, 0) is 4.79 Å². The van der Waals surface area contributed by atoms with E-state index in [9.17, 15) is 4.79 Å². The van der Waals surface area contributed by atoms with Crippen LogP contribution in [0.1, 0.15) is 18.0 Å². The van der Waals surface area contributed by atoms with E-state index in [0.717, 1.165) is 37.2 Å². The second-order valence-electron chi connectivity index (χ2n) is 6.41. The molecule has 1 atom stereocenters. The van der Waals surface area contributed by atoms with Gasteiger partial charge in [-0.1, -0.05) is 23.9 Å². The third-order valence-corrected chi connectivity index (χ3v) is 6.71. The number of benzene rings is 2. The molecule has 4 rings (SSSR count). The number of nitrogens with one attached hydrogen (secondary N) is 1. The van der Waals surface area contributed by atoms with Crippen LogP contribution in [0.3, 0.4) is 0 Å². The largest absolute Gasteiger partial charge is 0.497 e. The molecule has 0 spiro atoms. The summed E-state index contributed by atoms with van der Waals surface area (Å²) in [4.78, 5) is 26.9. The number of imidazole rings is 1. The van der Waals surface area contributed by atoms with Gasteiger partial charge in [0.15, 0.2) is 5.16 Å². The van der Waals surface area contributed by atoms with Crippen LogP contribution in [0.25, 0.3) is 21.3 Å². The average Bonchev–Trinajstić information content (AvgIpc) is 3.33. The van der Waals surface area contributed by atoms with E-state index in [1.807, 2.05) is 50.4 Å². The number of carbonyl (C=O) groups excluding carboxylic acids is 1. The van der Waals surface area contributed by atoms with Crippen molar-refractivity contribution in [3.8, 4) is 5.75 Å². The number of aromatic nitrogens is 3. The zero-order chi connectivity index (χ0) is 19.7. The summed E-state index contributed by atoms with van der Waals surface area (Å²) in [7, 11) is 3.46. The van der Waals surface area contributed by atoms with Gasteiger partial charge in [0, 0.05) is 13.1 Å². The van der Waals surface area contributed by atoms with Crippen LogP contribution in [0.2, 0.25) is 0 Å². The van der Waals surface area contributed by atoms with Crippen LogP contribution in [-0.4, -0.2) is 45.7 Å². The molecule has 2 heterocycles. The number of hydrogen-bond acceptors (Lipinski definition) is 6. The van der Waals surface area contributed by atoms with E-state index >= 15 is 0 Å². The van der Waals surface area contributed by atoms with Crippen molar-refractivity contribution in [2.24, 2.45) is 0 Å². The number of ether oxygens (including phenoxy) is 1. The number of hydrogen-bond donors (Lipinski definition) is 1. The molecule has 6 nitrogen and oxygen atoms in total. The fourth-order valence-corrected chi connectivity index (χ4v) is 4.71. The number of H-pyrrole nitrogens is 1. The number of rotatable bonds is 6. The molecule has 0 aliphatic heterocycles. The molecule has 8 heteroatoms. The number of aromatic amines is 1. The highest BCUT2D eigenvalue weighted by Gasteiger charge is 2.21. The fourth-order valence-electron chi connectivity index (χ4n) is 2.84. The Morgan fingerprint density at radius 1 is 1.25 bits per heavy atom. The predicted octanol–water partition coefficient (Wildman–Crippen LogP) is 4.49. The second-order valence-corrected chi connectivity index (χ2v) is 8.44. The molecule has 0 aliphatic rings. The summed E-state index contributed by atoms with van der Waals surface area (Å²) in [5.41, 5.74) is 2.72. The van der Waals surface area contributed by atoms with Gasteiger partial charge in [-0.2, -0.15) is 0 Å². The minimum absolute atomic E-state index is 0.0368. The molecule has 1 unspecified atom stereocenters. The molecule has 2 aromatic carbocycles. The van der Waals surface area contributed by atoms with Gasteiger partial charge in [0.05, 0.1) is 40.2 Å². The van der Waals surface area contributed by atoms with Crippen molar-refractivity contribution in [1.82, 2.24) is 19.9 Å². The van der Waals surface area contributed by atoms with Gasteiger partial charge in [-0.15, -0.1) is 11.3 Å². The highest BCUT2D eigenvalue weighted by atomic mass is 32.2. The van der Waals surface area contributed by atoms with Crippen molar-refractivity contribution in [1.29, 1.82) is 0 Å². The van der Waals surface area contributed by atoms with E-state index < -0.39 is 0 Å². The third kappa shape index (κ3) is 3.70. The minimum atomic E-state index is -0.0783. The molecule has 28 heavy (non-hydrogen) atoms. The first-order valence-electron chi connectivity index (χ1n) is 8.83. The second kappa shape index (κ2) is 7.81. The maximum atomic E-state index is 12.7. The Hall–Kier alpha value is -2.58. The lowest BCUT2D eigenvalue weighted by Gasteiger charge is -2.22. The Bertz CT molecular complexity index is 1100. The van der Waals surface area contributed by atoms with Gasteiger partial charge >= 0.3 is 0 Å². The van der Waals surface area contributed by atoms with Gasteiger partial charge in [-0.3, -0.25) is 4.79 Å². The predicted molar refractivity (Wildman–Crippen MR) is 114 cm³/mol. The number of fused-ring (bicyclic) bond motifs is 2. The van der Waals surface area contributed by atoms with Crippen LogP contribution in [0.4, 0.5) is 0 Å². The Labute approximate surface area is 170 Å². The van der Waals surface area contributed by atoms with Crippen LogP contribution in [0, 0.1) is 0 Å². The van der Waals surface area contributed by atoms with E-state index in [0.29, 0.717) is 5.75 Å². The first kappa shape index (κ1) is 18.8. The first-order chi connectivity index (χ1) is 13.5. The fraction of sp³-hybridized carbons (Fsp3) is 0.250. The Morgan fingerprint density at radius 3 is 2.86 bits per heavy atom. The summed E-state index contributed by atoms with van der Waals surface area (Å²) in [6.45, 7) is 2.01. The van der Waals surface area contributed by atoms with Gasteiger partial charge in [-0.05, 0) is 31.2 Å². The summed E-state index contributed by atoms with van der Waals surface area (Å²) in [5, 5.41) is 1.66. The summed E-state index contributed by atoms with van der Waals surface area (Å²) < 4.78 is 6.37. The van der Waals surface area contributed by atoms with Crippen molar-refractivity contribution in [3.63, 3.8) is 0 Å². The van der Waals surface area contributed by atoms with Gasteiger partial charge in [0.2, 0.25) is 5.91 Å². The highest BCUT2D eigenvalue weighted by Crippen LogP contribution is 2.29. The molecule has 0 fully saturated rings. The molecule has 0 saturated carbocycles. The van der Waals surface area contributed by atoms with E-state index in [-0.39, 0.29) is 11.9 Å². The molecule has 0 saturated heterocycles. The third-order valence-electron chi connectivity index (χ3n) is 4.64. The summed E-state index contributed by atoms with van der Waals surface area (Å²) >= 11 is 3.03. The molecule has 144 valence electrons. The quantitative estimate of drug-likeness (QED) is 0.472. The highest BCUT2D eigenvalue weighted by molar-refractivity contribution is 7.99. The lowest BCUT2D eigenvalue weighted by atomic mass is 10.3. The van der Waals surface area contributed by atoms with Gasteiger partial charge in [0.25, 0.3) is 0 Å². The number of carbonyl (C=O) groups is 1. The van der Waals surface area contributed by atoms with Crippen molar-refractivity contribution in [2.75, 3.05) is 19.9 Å². The maximum Gasteiger partial charge on any atom is 0.233 e. The molecule has 0 bridgehead atoms. The van der Waals surface area contributed by atoms with E-state index in [1.54, 1.807) is 23.3 Å². The van der Waals surface area contributed by atoms with E-state index in [1.165, 1.54) is 11.8 Å². The number of nitrogens with zero attached hydrogens (tertiary/aromatic N) is 3. The Kier molecular flexibility index (Phi) is 5.23. The van der Waals surface area contributed by atoms with Gasteiger partial charge < -0.3 is 14.6 Å². The standard InChI is InChI=1S/C20H20N4O2S2/c1-12(19-21-15-6-4-5-7-17(15)28-19)24(2)18(25)11-27-20-22-14-9-8-13(26-3)10-16(14)23-20/h4-10,12H,11H2,1-3H3,(H,22,23). The van der Waals surface area contributed by atoms with Crippen LogP contribution >= 0.6 is 23.1 Å². The summed E-state index contributed by atoms with van der Waals surface area (Å²) in [6, 6.07) is 13.6. The van der Waals surface area contributed by atoms with Gasteiger partial charge in [0.1, 0.15) is 10.8 Å². The number of para-hydroxylation sites is 1. The Morgan fingerprint density at radius 2 is 2.07 bits per heavy atom. The molecule has 2 aromatic heterocycles. The number of amides is 1. The number of thioether (sulfide) groups is 1. The van der Waals surface area contributed by atoms with Crippen molar-refractivity contribution in [2.45, 2.75) is 18.1 Å². The van der Waals surface area contributed by atoms with Crippen LogP contribution < -0.4 is 4.74 Å². The van der Waals surface area contributed by atoms with Crippen LogP contribution in [0.5, 0.6) is 5.75 Å². The summed E-state index contributed by atoms with van der Waals surface area (Å²) in [6.07, 6.45) is 0. The lowest BCUT2D eigenvalue weighted by Crippen LogP contribution is -2.31. The molecular weight excluding hydrogens is 392 g/mol. The number of methoxy groups -OCH3 is 1. The first-order valence-corrected chi connectivity index (χ1v) is 10.6. The molecule has 4 aromatic rings.